The van der Waals surface area contributed by atoms with Crippen LogP contribution in [0.1, 0.15) is 30.1 Å². The molecule has 7 heteroatoms. The molecule has 3 aromatic rings. The average molecular weight is 361 g/mol. The summed E-state index contributed by atoms with van der Waals surface area (Å²) in [5.74, 6) is 1.16. The molecule has 0 aliphatic carbocycles. The molecule has 0 bridgehead atoms. The molecular weight excluding hydrogens is 338 g/mol. The second kappa shape index (κ2) is 6.74. The fourth-order valence-corrected chi connectivity index (χ4v) is 4.68. The molecular formula is C17H22N5S2+. The molecule has 0 saturated heterocycles. The summed E-state index contributed by atoms with van der Waals surface area (Å²) in [6, 6.07) is 8.32. The molecule has 1 aliphatic heterocycles. The zero-order valence-corrected chi connectivity index (χ0v) is 15.5. The number of nitrogens with zero attached hydrogens (tertiary/aromatic N) is 4. The van der Waals surface area contributed by atoms with Crippen LogP contribution in [0.3, 0.4) is 0 Å². The highest BCUT2D eigenvalue weighted by Gasteiger charge is 2.16. The first-order valence-electron chi connectivity index (χ1n) is 8.53. The number of hydrogen-bond donors (Lipinski definition) is 1. The SMILES string of the molecule is C[NH+](Cc1nc2ccccc2s1)Cn1nc2n(c1=S)CCCCC2. The maximum atomic E-state index is 5.64. The van der Waals surface area contributed by atoms with Gasteiger partial charge in [-0.05, 0) is 37.2 Å². The first-order valence-corrected chi connectivity index (χ1v) is 9.75. The minimum absolute atomic E-state index is 0.786. The largest absolute Gasteiger partial charge is 0.313 e. The normalized spacial score (nSPS) is 16.0. The Hall–Kier alpha value is -1.57. The molecule has 0 spiro atoms. The van der Waals surface area contributed by atoms with Gasteiger partial charge in [0.05, 0.1) is 17.3 Å². The maximum Gasteiger partial charge on any atom is 0.202 e. The number of aryl methyl sites for hydroxylation is 1. The molecule has 126 valence electrons. The van der Waals surface area contributed by atoms with E-state index in [9.17, 15) is 0 Å². The molecule has 4 rings (SSSR count). The van der Waals surface area contributed by atoms with Crippen LogP contribution in [-0.2, 0) is 26.2 Å². The summed E-state index contributed by atoms with van der Waals surface area (Å²) in [6.07, 6.45) is 4.76. The number of thiazole rings is 1. The first-order chi connectivity index (χ1) is 11.7. The Bertz CT molecular complexity index is 874. The van der Waals surface area contributed by atoms with Crippen molar-refractivity contribution in [3.05, 3.63) is 39.9 Å². The van der Waals surface area contributed by atoms with Crippen LogP contribution in [0.25, 0.3) is 10.2 Å². The lowest BCUT2D eigenvalue weighted by atomic mass is 10.2. The Kier molecular flexibility index (Phi) is 4.47. The van der Waals surface area contributed by atoms with E-state index in [0.29, 0.717) is 0 Å². The van der Waals surface area contributed by atoms with Gasteiger partial charge in [-0.3, -0.25) is 0 Å². The Morgan fingerprint density at radius 2 is 2.12 bits per heavy atom. The molecule has 2 aromatic heterocycles. The Balaban J connectivity index is 1.50. The summed E-state index contributed by atoms with van der Waals surface area (Å²) >= 11 is 7.42. The van der Waals surface area contributed by atoms with E-state index in [1.165, 1.54) is 33.9 Å². The van der Waals surface area contributed by atoms with Gasteiger partial charge >= 0.3 is 0 Å². The lowest BCUT2D eigenvalue weighted by molar-refractivity contribution is -0.917. The van der Waals surface area contributed by atoms with Crippen molar-refractivity contribution in [1.82, 2.24) is 19.3 Å². The van der Waals surface area contributed by atoms with Crippen LogP contribution in [-0.4, -0.2) is 26.4 Å². The number of hydrogen-bond acceptors (Lipinski definition) is 4. The van der Waals surface area contributed by atoms with E-state index in [1.54, 1.807) is 11.3 Å². The summed E-state index contributed by atoms with van der Waals surface area (Å²) in [5, 5.41) is 5.94. The Morgan fingerprint density at radius 1 is 1.25 bits per heavy atom. The van der Waals surface area contributed by atoms with E-state index >= 15 is 0 Å². The van der Waals surface area contributed by atoms with Crippen LogP contribution in [0.5, 0.6) is 0 Å². The smallest absolute Gasteiger partial charge is 0.202 e. The molecule has 1 aromatic carbocycles. The number of benzene rings is 1. The highest BCUT2D eigenvalue weighted by molar-refractivity contribution is 7.71. The van der Waals surface area contributed by atoms with E-state index in [0.717, 1.165) is 42.3 Å². The molecule has 1 aliphatic rings. The number of quaternary nitrogens is 1. The number of aromatic nitrogens is 4. The monoisotopic (exact) mass is 360 g/mol. The highest BCUT2D eigenvalue weighted by atomic mass is 32.1. The van der Waals surface area contributed by atoms with Crippen molar-refractivity contribution >= 4 is 33.8 Å². The molecule has 5 nitrogen and oxygen atoms in total. The predicted molar refractivity (Wildman–Crippen MR) is 98.8 cm³/mol. The second-order valence-electron chi connectivity index (χ2n) is 6.53. The van der Waals surface area contributed by atoms with Crippen molar-refractivity contribution in [3.63, 3.8) is 0 Å². The number of rotatable bonds is 4. The van der Waals surface area contributed by atoms with Crippen molar-refractivity contribution < 1.29 is 4.90 Å². The minimum atomic E-state index is 0.786. The predicted octanol–water partition coefficient (Wildman–Crippen LogP) is 2.42. The standard InChI is InChI=1S/C17H21N5S2/c1-20(11-16-18-13-7-4-5-8-14(13)24-16)12-22-17(23)21-10-6-2-3-9-15(21)19-22/h4-5,7-8H,2-3,6,9-12H2,1H3/p+1. The van der Waals surface area contributed by atoms with Gasteiger partial charge in [0.15, 0.2) is 6.67 Å². The van der Waals surface area contributed by atoms with Gasteiger partial charge in [0.1, 0.15) is 17.4 Å². The van der Waals surface area contributed by atoms with Crippen molar-refractivity contribution in [3.8, 4) is 0 Å². The van der Waals surface area contributed by atoms with Gasteiger partial charge < -0.3 is 9.47 Å². The van der Waals surface area contributed by atoms with E-state index < -0.39 is 0 Å². The Morgan fingerprint density at radius 3 is 3.00 bits per heavy atom. The third kappa shape index (κ3) is 3.16. The van der Waals surface area contributed by atoms with E-state index in [-0.39, 0.29) is 0 Å². The zero-order chi connectivity index (χ0) is 16.5. The second-order valence-corrected chi connectivity index (χ2v) is 8.01. The van der Waals surface area contributed by atoms with Gasteiger partial charge in [0.25, 0.3) is 0 Å². The number of para-hydroxylation sites is 1. The van der Waals surface area contributed by atoms with Gasteiger partial charge in [-0.15, -0.1) is 11.3 Å². The highest BCUT2D eigenvalue weighted by Crippen LogP contribution is 2.20. The number of nitrogens with one attached hydrogen (secondary N) is 1. The molecule has 1 atom stereocenters. The molecule has 24 heavy (non-hydrogen) atoms. The van der Waals surface area contributed by atoms with Gasteiger partial charge in [-0.2, -0.15) is 9.78 Å². The molecule has 1 unspecified atom stereocenters. The maximum absolute atomic E-state index is 5.64. The fraction of sp³-hybridized carbons (Fsp3) is 0.471. The van der Waals surface area contributed by atoms with Crippen LogP contribution in [0.2, 0.25) is 0 Å². The third-order valence-corrected chi connectivity index (χ3v) is 5.96. The van der Waals surface area contributed by atoms with Crippen LogP contribution in [0, 0.1) is 4.77 Å². The van der Waals surface area contributed by atoms with Crippen LogP contribution < -0.4 is 4.90 Å². The lowest BCUT2D eigenvalue weighted by Crippen LogP contribution is -3.07. The van der Waals surface area contributed by atoms with E-state index in [4.69, 9.17) is 22.3 Å². The average Bonchev–Trinajstić information content (AvgIpc) is 2.99. The summed E-state index contributed by atoms with van der Waals surface area (Å²) in [7, 11) is 2.18. The molecule has 0 saturated carbocycles. The molecule has 3 heterocycles. The molecule has 0 radical (unpaired) electrons. The summed E-state index contributed by atoms with van der Waals surface area (Å²) in [6.45, 7) is 2.70. The van der Waals surface area contributed by atoms with E-state index in [1.807, 2.05) is 10.7 Å². The van der Waals surface area contributed by atoms with Crippen LogP contribution in [0.15, 0.2) is 24.3 Å². The fourth-order valence-electron chi connectivity index (χ4n) is 3.29. The third-order valence-electron chi connectivity index (χ3n) is 4.49. The summed E-state index contributed by atoms with van der Waals surface area (Å²) in [4.78, 5) is 6.08. The van der Waals surface area contributed by atoms with Crippen molar-refractivity contribution in [2.24, 2.45) is 0 Å². The number of fused-ring (bicyclic) bond motifs is 2. The summed E-state index contributed by atoms with van der Waals surface area (Å²) in [5.41, 5.74) is 1.09. The molecule has 0 amide bonds. The van der Waals surface area contributed by atoms with Gasteiger partial charge in [0.2, 0.25) is 4.77 Å². The van der Waals surface area contributed by atoms with Gasteiger partial charge in [-0.25, -0.2) is 4.98 Å². The molecule has 1 N–H and O–H groups in total. The quantitative estimate of drug-likeness (QED) is 0.727. The van der Waals surface area contributed by atoms with Crippen LogP contribution >= 0.6 is 23.6 Å². The van der Waals surface area contributed by atoms with Gasteiger partial charge in [0, 0.05) is 13.0 Å². The van der Waals surface area contributed by atoms with E-state index in [2.05, 4.69) is 29.8 Å². The lowest BCUT2D eigenvalue weighted by Gasteiger charge is -2.12. The summed E-state index contributed by atoms with van der Waals surface area (Å²) < 4.78 is 6.35. The Labute approximate surface area is 150 Å². The molecule has 0 fully saturated rings. The van der Waals surface area contributed by atoms with Crippen molar-refractivity contribution in [2.75, 3.05) is 7.05 Å². The van der Waals surface area contributed by atoms with Crippen molar-refractivity contribution in [2.45, 2.75) is 45.4 Å². The zero-order valence-electron chi connectivity index (χ0n) is 13.9. The van der Waals surface area contributed by atoms with Crippen molar-refractivity contribution in [1.29, 1.82) is 0 Å². The first kappa shape index (κ1) is 15.9. The van der Waals surface area contributed by atoms with Gasteiger partial charge in [-0.1, -0.05) is 18.6 Å². The minimum Gasteiger partial charge on any atom is -0.313 e. The topological polar surface area (TPSA) is 40.1 Å². The van der Waals surface area contributed by atoms with Crippen LogP contribution in [0.4, 0.5) is 0 Å².